The van der Waals surface area contributed by atoms with Gasteiger partial charge in [0.05, 0.1) is 10.8 Å². The third-order valence-corrected chi connectivity index (χ3v) is 7.78. The Morgan fingerprint density at radius 2 is 2.00 bits per heavy atom. The van der Waals surface area contributed by atoms with Gasteiger partial charge in [0.1, 0.15) is 0 Å². The highest BCUT2D eigenvalue weighted by Crippen LogP contribution is 2.50. The van der Waals surface area contributed by atoms with Gasteiger partial charge in [-0.3, -0.25) is 4.79 Å². The second-order valence-corrected chi connectivity index (χ2v) is 9.64. The number of rotatable bonds is 4. The fraction of sp³-hybridized carbons (Fsp3) is 0.526. The molecule has 2 aliphatic heterocycles. The topological polar surface area (TPSA) is 96.6 Å². The van der Waals surface area contributed by atoms with Crippen LogP contribution in [0.25, 0.3) is 0 Å². The summed E-state index contributed by atoms with van der Waals surface area (Å²) in [7, 11) is -3.58. The summed E-state index contributed by atoms with van der Waals surface area (Å²) >= 11 is 0. The molecule has 2 fully saturated rings. The molecule has 1 atom stereocenters. The summed E-state index contributed by atoms with van der Waals surface area (Å²) in [6, 6.07) is 7.11. The number of hydrogen-bond acceptors (Lipinski definition) is 6. The molecule has 150 valence electrons. The second kappa shape index (κ2) is 6.66. The van der Waals surface area contributed by atoms with E-state index in [1.54, 1.807) is 24.0 Å². The lowest BCUT2D eigenvalue weighted by Crippen LogP contribution is -2.61. The van der Waals surface area contributed by atoms with Crippen molar-refractivity contribution in [3.8, 4) is 0 Å². The van der Waals surface area contributed by atoms with Crippen molar-refractivity contribution in [1.29, 1.82) is 0 Å². The van der Waals surface area contributed by atoms with E-state index < -0.39 is 15.4 Å². The van der Waals surface area contributed by atoms with Gasteiger partial charge < -0.3 is 9.42 Å². The summed E-state index contributed by atoms with van der Waals surface area (Å²) in [5, 5.41) is 3.87. The number of amides is 1. The molecule has 1 aromatic heterocycles. The highest BCUT2D eigenvalue weighted by molar-refractivity contribution is 7.89. The summed E-state index contributed by atoms with van der Waals surface area (Å²) < 4.78 is 33.3. The van der Waals surface area contributed by atoms with Crippen molar-refractivity contribution in [3.05, 3.63) is 41.5 Å². The number of nitrogens with zero attached hydrogens (tertiary/aromatic N) is 4. The fourth-order valence-corrected chi connectivity index (χ4v) is 6.26. The predicted molar refractivity (Wildman–Crippen MR) is 101 cm³/mol. The Morgan fingerprint density at radius 3 is 2.61 bits per heavy atom. The van der Waals surface area contributed by atoms with Crippen molar-refractivity contribution < 1.29 is 17.7 Å². The van der Waals surface area contributed by atoms with Crippen LogP contribution in [-0.4, -0.2) is 59.8 Å². The molecule has 0 saturated carbocycles. The van der Waals surface area contributed by atoms with E-state index in [1.807, 2.05) is 19.1 Å². The average molecular weight is 404 g/mol. The van der Waals surface area contributed by atoms with Gasteiger partial charge in [-0.2, -0.15) is 9.29 Å². The summed E-state index contributed by atoms with van der Waals surface area (Å²) in [5.41, 5.74) is 0.420. The maximum atomic E-state index is 13.2. The predicted octanol–water partition coefficient (Wildman–Crippen LogP) is 1.58. The van der Waals surface area contributed by atoms with Gasteiger partial charge in [-0.15, -0.1) is 0 Å². The van der Waals surface area contributed by atoms with Crippen molar-refractivity contribution in [1.82, 2.24) is 19.3 Å². The molecule has 4 rings (SSSR count). The van der Waals surface area contributed by atoms with Gasteiger partial charge in [0.2, 0.25) is 21.8 Å². The van der Waals surface area contributed by atoms with Crippen LogP contribution < -0.4 is 0 Å². The van der Waals surface area contributed by atoms with Crippen LogP contribution in [0, 0.1) is 12.3 Å². The number of aryl methyl sites for hydroxylation is 2. The second-order valence-electron chi connectivity index (χ2n) is 7.73. The summed E-state index contributed by atoms with van der Waals surface area (Å²) in [5.74, 6) is 0.820. The van der Waals surface area contributed by atoms with E-state index in [0.717, 1.165) is 5.56 Å². The summed E-state index contributed by atoms with van der Waals surface area (Å²) in [6.45, 7) is 6.86. The third-order valence-electron chi connectivity index (χ3n) is 5.89. The molecule has 2 saturated heterocycles. The Hall–Kier alpha value is -2.26. The lowest BCUT2D eigenvalue weighted by atomic mass is 9.73. The van der Waals surface area contributed by atoms with Gasteiger partial charge >= 0.3 is 0 Å². The summed E-state index contributed by atoms with van der Waals surface area (Å²) in [6.07, 6.45) is 0.649. The number of benzene rings is 1. The molecule has 1 amide bonds. The Morgan fingerprint density at radius 1 is 1.29 bits per heavy atom. The molecule has 8 nitrogen and oxygen atoms in total. The van der Waals surface area contributed by atoms with Crippen LogP contribution in [0.5, 0.6) is 0 Å². The first kappa shape index (κ1) is 19.1. The van der Waals surface area contributed by atoms with Crippen LogP contribution >= 0.6 is 0 Å². The lowest BCUT2D eigenvalue weighted by molar-refractivity contribution is -0.128. The first-order chi connectivity index (χ1) is 13.3. The van der Waals surface area contributed by atoms with Gasteiger partial charge in [-0.05, 0) is 25.0 Å². The van der Waals surface area contributed by atoms with E-state index >= 15 is 0 Å². The quantitative estimate of drug-likeness (QED) is 0.768. The maximum Gasteiger partial charge on any atom is 0.243 e. The van der Waals surface area contributed by atoms with Crippen LogP contribution in [0.15, 0.2) is 33.7 Å². The molecule has 2 aliphatic rings. The molecule has 0 aliphatic carbocycles. The van der Waals surface area contributed by atoms with Gasteiger partial charge in [0.15, 0.2) is 5.82 Å². The molecule has 1 unspecified atom stereocenters. The number of carbonyl (C=O) groups excluding carboxylic acids is 1. The number of likely N-dealkylation sites (tertiary alicyclic amines) is 1. The van der Waals surface area contributed by atoms with Crippen molar-refractivity contribution in [2.45, 2.75) is 38.0 Å². The Labute approximate surface area is 164 Å². The largest absolute Gasteiger partial charge is 0.341 e. The molecule has 0 bridgehead atoms. The van der Waals surface area contributed by atoms with Crippen molar-refractivity contribution in [2.75, 3.05) is 26.2 Å². The first-order valence-corrected chi connectivity index (χ1v) is 10.8. The lowest BCUT2D eigenvalue weighted by Gasteiger charge is -2.49. The first-order valence-electron chi connectivity index (χ1n) is 9.40. The van der Waals surface area contributed by atoms with Crippen molar-refractivity contribution in [2.24, 2.45) is 5.41 Å². The maximum absolute atomic E-state index is 13.2. The van der Waals surface area contributed by atoms with E-state index in [4.69, 9.17) is 4.52 Å². The minimum Gasteiger partial charge on any atom is -0.341 e. The number of sulfonamides is 1. The normalized spacial score (nSPS) is 21.8. The fourth-order valence-electron chi connectivity index (χ4n) is 4.34. The van der Waals surface area contributed by atoms with E-state index in [9.17, 15) is 13.2 Å². The van der Waals surface area contributed by atoms with Gasteiger partial charge in [0, 0.05) is 38.5 Å². The number of aromatic nitrogens is 2. The molecule has 9 heteroatoms. The molecular formula is C19H24N4O4S. The van der Waals surface area contributed by atoms with E-state index in [-0.39, 0.29) is 11.8 Å². The minimum atomic E-state index is -3.58. The van der Waals surface area contributed by atoms with Crippen LogP contribution in [-0.2, 0) is 21.2 Å². The molecule has 0 radical (unpaired) electrons. The number of hydrogen-bond donors (Lipinski definition) is 0. The van der Waals surface area contributed by atoms with Crippen LogP contribution in [0.3, 0.4) is 0 Å². The molecule has 28 heavy (non-hydrogen) atoms. The molecule has 1 aromatic carbocycles. The van der Waals surface area contributed by atoms with E-state index in [0.29, 0.717) is 49.2 Å². The number of carbonyl (C=O) groups is 1. The standard InChI is InChI=1S/C19H24N4O4S/c1-4-15-7-5-6-8-17(15)28(25,26)23-11-19(12-23)10-22(14(3)24)9-16(19)18-20-13(2)21-27-18/h5-8,16H,4,9-12H2,1-3H3. The smallest absolute Gasteiger partial charge is 0.243 e. The zero-order chi connectivity index (χ0) is 20.1. The zero-order valence-corrected chi connectivity index (χ0v) is 17.1. The highest BCUT2D eigenvalue weighted by atomic mass is 32.2. The zero-order valence-electron chi connectivity index (χ0n) is 16.3. The van der Waals surface area contributed by atoms with Crippen LogP contribution in [0.2, 0.25) is 0 Å². The Kier molecular flexibility index (Phi) is 4.54. The molecule has 3 heterocycles. The SMILES string of the molecule is CCc1ccccc1S(=O)(=O)N1CC2(CN(C(C)=O)CC2c2nc(C)no2)C1. The van der Waals surface area contributed by atoms with Crippen LogP contribution in [0.4, 0.5) is 0 Å². The minimum absolute atomic E-state index is 0.0317. The molecule has 1 spiro atoms. The monoisotopic (exact) mass is 404 g/mol. The van der Waals surface area contributed by atoms with E-state index in [1.165, 1.54) is 11.2 Å². The Bertz CT molecular complexity index is 1010. The summed E-state index contributed by atoms with van der Waals surface area (Å²) in [4.78, 5) is 18.4. The molecule has 0 N–H and O–H groups in total. The average Bonchev–Trinajstić information content (AvgIpc) is 3.24. The van der Waals surface area contributed by atoms with Crippen LogP contribution in [0.1, 0.15) is 37.0 Å². The molecule has 2 aromatic rings. The van der Waals surface area contributed by atoms with E-state index in [2.05, 4.69) is 10.1 Å². The highest BCUT2D eigenvalue weighted by Gasteiger charge is 2.59. The molecular weight excluding hydrogens is 380 g/mol. The van der Waals surface area contributed by atoms with Gasteiger partial charge in [-0.25, -0.2) is 8.42 Å². The van der Waals surface area contributed by atoms with Gasteiger partial charge in [0.25, 0.3) is 0 Å². The van der Waals surface area contributed by atoms with Crippen molar-refractivity contribution >= 4 is 15.9 Å². The van der Waals surface area contributed by atoms with Gasteiger partial charge in [-0.1, -0.05) is 30.3 Å². The van der Waals surface area contributed by atoms with Crippen molar-refractivity contribution in [3.63, 3.8) is 0 Å². The Balaban J connectivity index is 1.62. The third kappa shape index (κ3) is 2.93.